The van der Waals surface area contributed by atoms with Gasteiger partial charge < -0.3 is 16.2 Å². The van der Waals surface area contributed by atoms with Gasteiger partial charge in [-0.1, -0.05) is 0 Å². The fraction of sp³-hybridized carbons (Fsp3) is 0.800. The van der Waals surface area contributed by atoms with Gasteiger partial charge in [0, 0.05) is 6.42 Å². The van der Waals surface area contributed by atoms with Gasteiger partial charge in [-0.2, -0.15) is 0 Å². The lowest BCUT2D eigenvalue weighted by Gasteiger charge is -1.97. The second kappa shape index (κ2) is 2.33. The van der Waals surface area contributed by atoms with Gasteiger partial charge >= 0.3 is 0 Å². The smallest absolute Gasteiger partial charge is 0.275 e. The minimum atomic E-state index is -0.345. The molecule has 0 bridgehead atoms. The van der Waals surface area contributed by atoms with Gasteiger partial charge in [0.15, 0.2) is 6.04 Å². The minimum Gasteiger partial charge on any atom is -0.387 e. The number of nitrogens with two attached hydrogens (primary N) is 2. The van der Waals surface area contributed by atoms with Crippen molar-refractivity contribution in [2.75, 3.05) is 6.54 Å². The predicted molar refractivity (Wildman–Crippen MR) is 30.4 cm³/mol. The van der Waals surface area contributed by atoms with Gasteiger partial charge in [-0.15, -0.1) is 0 Å². The van der Waals surface area contributed by atoms with Crippen molar-refractivity contribution in [3.63, 3.8) is 0 Å². The Morgan fingerprint density at radius 3 is 2.67 bits per heavy atom. The lowest BCUT2D eigenvalue weighted by molar-refractivity contribution is -0.659. The number of amides is 1. The Morgan fingerprint density at radius 1 is 1.78 bits per heavy atom. The Bertz CT molecular complexity index is 126. The van der Waals surface area contributed by atoms with E-state index in [1.165, 1.54) is 0 Å². The highest BCUT2D eigenvalue weighted by Crippen LogP contribution is 1.96. The summed E-state index contributed by atoms with van der Waals surface area (Å²) in [6.45, 7) is 0.605. The van der Waals surface area contributed by atoms with Gasteiger partial charge in [0.05, 0.1) is 0 Å². The van der Waals surface area contributed by atoms with Crippen LogP contribution < -0.4 is 11.1 Å². The SMILES string of the molecule is NC(=O)[C@@H]1C[C@H](O)C[NH2+]1. The van der Waals surface area contributed by atoms with Crippen molar-refractivity contribution in [3.05, 3.63) is 0 Å². The normalized spacial score (nSPS) is 34.8. The molecule has 2 atom stereocenters. The van der Waals surface area contributed by atoms with E-state index >= 15 is 0 Å². The molecule has 1 amide bonds. The van der Waals surface area contributed by atoms with E-state index in [0.29, 0.717) is 13.0 Å². The van der Waals surface area contributed by atoms with Crippen molar-refractivity contribution < 1.29 is 15.2 Å². The van der Waals surface area contributed by atoms with Crippen molar-refractivity contribution in [1.29, 1.82) is 0 Å². The Hall–Kier alpha value is -0.610. The molecule has 1 aliphatic rings. The molecule has 1 rings (SSSR count). The number of hydrogen-bond acceptors (Lipinski definition) is 2. The first-order valence-corrected chi connectivity index (χ1v) is 3.01. The van der Waals surface area contributed by atoms with E-state index < -0.39 is 0 Å². The van der Waals surface area contributed by atoms with Crippen LogP contribution in [-0.4, -0.2) is 29.7 Å². The van der Waals surface area contributed by atoms with E-state index in [0.717, 1.165) is 0 Å². The number of rotatable bonds is 1. The highest BCUT2D eigenvalue weighted by atomic mass is 16.3. The number of aliphatic hydroxyl groups is 1. The number of hydrogen-bond donors (Lipinski definition) is 3. The van der Waals surface area contributed by atoms with E-state index in [9.17, 15) is 4.79 Å². The van der Waals surface area contributed by atoms with E-state index in [4.69, 9.17) is 10.8 Å². The van der Waals surface area contributed by atoms with Gasteiger partial charge in [-0.05, 0) is 0 Å². The topological polar surface area (TPSA) is 79.9 Å². The molecule has 1 aliphatic heterocycles. The van der Waals surface area contributed by atoms with Crippen molar-refractivity contribution in [2.45, 2.75) is 18.6 Å². The molecular formula is C5H11N2O2+. The van der Waals surface area contributed by atoms with Crippen LogP contribution in [0.2, 0.25) is 0 Å². The van der Waals surface area contributed by atoms with Crippen molar-refractivity contribution in [3.8, 4) is 0 Å². The summed E-state index contributed by atoms with van der Waals surface area (Å²) in [6, 6.07) is -0.194. The third-order valence-electron chi connectivity index (χ3n) is 1.58. The van der Waals surface area contributed by atoms with Crippen LogP contribution in [0.1, 0.15) is 6.42 Å². The van der Waals surface area contributed by atoms with Crippen LogP contribution in [0.4, 0.5) is 0 Å². The fourth-order valence-electron chi connectivity index (χ4n) is 1.04. The van der Waals surface area contributed by atoms with Crippen LogP contribution in [-0.2, 0) is 4.79 Å². The molecule has 0 aromatic carbocycles. The molecule has 1 saturated heterocycles. The van der Waals surface area contributed by atoms with Crippen LogP contribution in [0.15, 0.2) is 0 Å². The summed E-state index contributed by atoms with van der Waals surface area (Å²) < 4.78 is 0. The summed E-state index contributed by atoms with van der Waals surface area (Å²) in [5.41, 5.74) is 4.98. The molecule has 1 fully saturated rings. The monoisotopic (exact) mass is 131 g/mol. The summed E-state index contributed by atoms with van der Waals surface area (Å²) in [4.78, 5) is 10.4. The molecular weight excluding hydrogens is 120 g/mol. The first kappa shape index (κ1) is 6.51. The quantitative estimate of drug-likeness (QED) is 0.358. The molecule has 0 aromatic heterocycles. The largest absolute Gasteiger partial charge is 0.387 e. The van der Waals surface area contributed by atoms with Crippen LogP contribution in [0.25, 0.3) is 0 Å². The van der Waals surface area contributed by atoms with Crippen molar-refractivity contribution in [1.82, 2.24) is 0 Å². The average Bonchev–Trinajstić information content (AvgIpc) is 2.14. The average molecular weight is 131 g/mol. The minimum absolute atomic E-state index is 0.194. The summed E-state index contributed by atoms with van der Waals surface area (Å²) in [5.74, 6) is -0.327. The molecule has 0 unspecified atom stereocenters. The Balaban J connectivity index is 2.39. The summed E-state index contributed by atoms with van der Waals surface area (Å²) in [6.07, 6.45) is 0.164. The number of carbonyl (C=O) groups excluding carboxylic acids is 1. The molecule has 5 N–H and O–H groups in total. The van der Waals surface area contributed by atoms with Gasteiger partial charge in [0.25, 0.3) is 5.91 Å². The summed E-state index contributed by atoms with van der Waals surface area (Å²) in [5, 5.41) is 10.7. The highest BCUT2D eigenvalue weighted by Gasteiger charge is 2.30. The van der Waals surface area contributed by atoms with Crippen LogP contribution in [0.3, 0.4) is 0 Å². The van der Waals surface area contributed by atoms with E-state index in [-0.39, 0.29) is 18.1 Å². The molecule has 0 aromatic rings. The maximum absolute atomic E-state index is 10.4. The zero-order valence-electron chi connectivity index (χ0n) is 5.08. The highest BCUT2D eigenvalue weighted by molar-refractivity contribution is 5.78. The van der Waals surface area contributed by atoms with Crippen molar-refractivity contribution in [2.24, 2.45) is 5.73 Å². The standard InChI is InChI=1S/C5H10N2O2/c6-5(9)4-1-3(8)2-7-4/h3-4,7-8H,1-2H2,(H2,6,9)/p+1/t3-,4-/m0/s1. The zero-order valence-corrected chi connectivity index (χ0v) is 5.08. The fourth-order valence-corrected chi connectivity index (χ4v) is 1.04. The van der Waals surface area contributed by atoms with Crippen molar-refractivity contribution >= 4 is 5.91 Å². The third kappa shape index (κ3) is 1.40. The first-order valence-electron chi connectivity index (χ1n) is 3.01. The second-order valence-corrected chi connectivity index (χ2v) is 2.37. The van der Waals surface area contributed by atoms with E-state index in [1.807, 2.05) is 0 Å². The number of primary amides is 1. The van der Waals surface area contributed by atoms with Gasteiger partial charge in [0.1, 0.15) is 12.6 Å². The molecule has 0 aliphatic carbocycles. The van der Waals surface area contributed by atoms with E-state index in [2.05, 4.69) is 0 Å². The molecule has 0 radical (unpaired) electrons. The third-order valence-corrected chi connectivity index (χ3v) is 1.58. The Kier molecular flexibility index (Phi) is 1.68. The number of quaternary nitrogens is 1. The number of carbonyl (C=O) groups is 1. The van der Waals surface area contributed by atoms with Gasteiger partial charge in [-0.25, -0.2) is 0 Å². The molecule has 0 spiro atoms. The second-order valence-electron chi connectivity index (χ2n) is 2.37. The predicted octanol–water partition coefficient (Wildman–Crippen LogP) is -2.83. The maximum Gasteiger partial charge on any atom is 0.275 e. The van der Waals surface area contributed by atoms with Crippen LogP contribution in [0.5, 0.6) is 0 Å². The number of aliphatic hydroxyl groups excluding tert-OH is 1. The molecule has 52 valence electrons. The molecule has 9 heavy (non-hydrogen) atoms. The van der Waals surface area contributed by atoms with Crippen LogP contribution in [0, 0.1) is 0 Å². The summed E-state index contributed by atoms with van der Waals surface area (Å²) >= 11 is 0. The van der Waals surface area contributed by atoms with Gasteiger partial charge in [-0.3, -0.25) is 4.79 Å². The lowest BCUT2D eigenvalue weighted by atomic mass is 10.2. The Labute approximate surface area is 53.0 Å². The molecule has 0 saturated carbocycles. The van der Waals surface area contributed by atoms with E-state index in [1.54, 1.807) is 5.32 Å². The lowest BCUT2D eigenvalue weighted by Crippen LogP contribution is -2.89. The summed E-state index contributed by atoms with van der Waals surface area (Å²) in [7, 11) is 0. The molecule has 4 nitrogen and oxygen atoms in total. The van der Waals surface area contributed by atoms with Crippen LogP contribution >= 0.6 is 0 Å². The maximum atomic E-state index is 10.4. The first-order chi connectivity index (χ1) is 4.20. The zero-order chi connectivity index (χ0) is 6.85. The molecule has 1 heterocycles. The Morgan fingerprint density at radius 2 is 2.44 bits per heavy atom. The van der Waals surface area contributed by atoms with Gasteiger partial charge in [0.2, 0.25) is 0 Å². The molecule has 4 heteroatoms.